The summed E-state index contributed by atoms with van der Waals surface area (Å²) in [6.07, 6.45) is 2.23. The monoisotopic (exact) mass is 244 g/mol. The number of hydrogen-bond acceptors (Lipinski definition) is 3. The van der Waals surface area contributed by atoms with Gasteiger partial charge in [-0.15, -0.1) is 0 Å². The number of carboxylic acid groups (broad SMARTS) is 1. The number of ether oxygens (including phenoxy) is 1. The van der Waals surface area contributed by atoms with E-state index in [4.69, 9.17) is 9.84 Å². The Morgan fingerprint density at radius 2 is 2.29 bits per heavy atom. The molecule has 0 aromatic carbocycles. The van der Waals surface area contributed by atoms with Crippen molar-refractivity contribution in [3.05, 3.63) is 0 Å². The van der Waals surface area contributed by atoms with Gasteiger partial charge in [-0.3, -0.25) is 0 Å². The van der Waals surface area contributed by atoms with Crippen molar-refractivity contribution in [2.45, 2.75) is 38.3 Å². The van der Waals surface area contributed by atoms with Gasteiger partial charge in [0.05, 0.1) is 0 Å². The van der Waals surface area contributed by atoms with Gasteiger partial charge in [0.2, 0.25) is 0 Å². The molecule has 2 N–H and O–H groups in total. The topological polar surface area (TPSA) is 78.9 Å². The maximum Gasteiger partial charge on any atom is 0.326 e. The van der Waals surface area contributed by atoms with Gasteiger partial charge < -0.3 is 20.1 Å². The van der Waals surface area contributed by atoms with Crippen LogP contribution in [0.25, 0.3) is 0 Å². The Bertz CT molecular complexity index is 283. The molecule has 1 aliphatic heterocycles. The number of nitrogens with zero attached hydrogens (tertiary/aromatic N) is 1. The van der Waals surface area contributed by atoms with E-state index in [9.17, 15) is 9.59 Å². The molecule has 1 aliphatic rings. The summed E-state index contributed by atoms with van der Waals surface area (Å²) in [5, 5.41) is 11.5. The number of carboxylic acids is 1. The second-order valence-corrected chi connectivity index (χ2v) is 4.31. The van der Waals surface area contributed by atoms with E-state index < -0.39 is 12.0 Å². The van der Waals surface area contributed by atoms with Crippen molar-refractivity contribution in [3.8, 4) is 0 Å². The van der Waals surface area contributed by atoms with Crippen LogP contribution in [0.15, 0.2) is 0 Å². The molecule has 1 heterocycles. The Morgan fingerprint density at radius 1 is 1.59 bits per heavy atom. The molecule has 98 valence electrons. The van der Waals surface area contributed by atoms with E-state index in [0.717, 1.165) is 12.8 Å². The number of hydrogen-bond donors (Lipinski definition) is 2. The number of methoxy groups -OCH3 is 1. The molecule has 2 unspecified atom stereocenters. The molecular weight excluding hydrogens is 224 g/mol. The number of nitrogens with one attached hydrogen (secondary N) is 1. The Labute approximate surface area is 101 Å². The molecule has 0 aromatic rings. The van der Waals surface area contributed by atoms with Gasteiger partial charge in [0.1, 0.15) is 6.04 Å². The average Bonchev–Trinajstić information content (AvgIpc) is 2.70. The first-order valence-electron chi connectivity index (χ1n) is 5.85. The highest BCUT2D eigenvalue weighted by atomic mass is 16.5. The fourth-order valence-electron chi connectivity index (χ4n) is 1.96. The number of rotatable bonds is 5. The van der Waals surface area contributed by atoms with E-state index in [0.29, 0.717) is 13.2 Å². The summed E-state index contributed by atoms with van der Waals surface area (Å²) in [6, 6.07) is -0.986. The Balaban J connectivity index is 2.48. The van der Waals surface area contributed by atoms with Crippen LogP contribution < -0.4 is 5.32 Å². The predicted molar refractivity (Wildman–Crippen MR) is 61.9 cm³/mol. The van der Waals surface area contributed by atoms with E-state index >= 15 is 0 Å². The highest BCUT2D eigenvalue weighted by Gasteiger charge is 2.28. The third-order valence-corrected chi connectivity index (χ3v) is 3.02. The van der Waals surface area contributed by atoms with Gasteiger partial charge in [0.25, 0.3) is 0 Å². The Hall–Kier alpha value is -1.30. The summed E-state index contributed by atoms with van der Waals surface area (Å²) in [6.45, 7) is 2.98. The second-order valence-electron chi connectivity index (χ2n) is 4.31. The lowest BCUT2D eigenvalue weighted by Crippen LogP contribution is -2.49. The van der Waals surface area contributed by atoms with E-state index in [1.807, 2.05) is 6.92 Å². The van der Waals surface area contributed by atoms with Crippen molar-refractivity contribution in [2.24, 2.45) is 0 Å². The van der Waals surface area contributed by atoms with Crippen LogP contribution in [0.4, 0.5) is 4.79 Å². The fourth-order valence-corrected chi connectivity index (χ4v) is 1.96. The molecule has 0 aromatic heterocycles. The van der Waals surface area contributed by atoms with Crippen molar-refractivity contribution >= 4 is 12.0 Å². The standard InChI is InChI=1S/C11H20N2O4/c1-8-4-3-6-13(8)11(16)12-9(10(14)15)5-7-17-2/h8-9H,3-7H2,1-2H3,(H,12,16)(H,14,15). The van der Waals surface area contributed by atoms with E-state index in [1.54, 1.807) is 4.90 Å². The minimum absolute atomic E-state index is 0.187. The van der Waals surface area contributed by atoms with Gasteiger partial charge in [-0.1, -0.05) is 0 Å². The molecule has 2 amide bonds. The smallest absolute Gasteiger partial charge is 0.326 e. The number of amides is 2. The van der Waals surface area contributed by atoms with Gasteiger partial charge in [-0.05, 0) is 19.8 Å². The van der Waals surface area contributed by atoms with Crippen molar-refractivity contribution in [1.82, 2.24) is 10.2 Å². The SMILES string of the molecule is COCCC(NC(=O)N1CCCC1C)C(=O)O. The normalized spacial score (nSPS) is 21.3. The van der Waals surface area contributed by atoms with Crippen LogP contribution in [-0.4, -0.2) is 54.4 Å². The molecule has 0 bridgehead atoms. The summed E-state index contributed by atoms with van der Waals surface area (Å²) in [7, 11) is 1.50. The molecular formula is C11H20N2O4. The summed E-state index contributed by atoms with van der Waals surface area (Å²) >= 11 is 0. The number of urea groups is 1. The maximum absolute atomic E-state index is 11.8. The summed E-state index contributed by atoms with van der Waals surface area (Å²) in [4.78, 5) is 24.5. The molecule has 1 fully saturated rings. The van der Waals surface area contributed by atoms with Crippen LogP contribution in [0.2, 0.25) is 0 Å². The van der Waals surface area contributed by atoms with E-state index in [1.165, 1.54) is 7.11 Å². The van der Waals surface area contributed by atoms with E-state index in [2.05, 4.69) is 5.32 Å². The van der Waals surface area contributed by atoms with Crippen LogP contribution >= 0.6 is 0 Å². The number of aliphatic carboxylic acids is 1. The number of likely N-dealkylation sites (tertiary alicyclic amines) is 1. The highest BCUT2D eigenvalue weighted by Crippen LogP contribution is 2.16. The van der Waals surface area contributed by atoms with E-state index in [-0.39, 0.29) is 18.5 Å². The van der Waals surface area contributed by atoms with Crippen LogP contribution in [0, 0.1) is 0 Å². The first kappa shape index (κ1) is 13.8. The third-order valence-electron chi connectivity index (χ3n) is 3.02. The molecule has 17 heavy (non-hydrogen) atoms. The molecule has 6 nitrogen and oxygen atoms in total. The quantitative estimate of drug-likeness (QED) is 0.745. The van der Waals surface area contributed by atoms with Crippen LogP contribution in [-0.2, 0) is 9.53 Å². The summed E-state index contributed by atoms with van der Waals surface area (Å²) in [5.41, 5.74) is 0. The first-order chi connectivity index (χ1) is 8.06. The zero-order chi connectivity index (χ0) is 12.8. The number of carbonyl (C=O) groups excluding carboxylic acids is 1. The minimum atomic E-state index is -1.03. The van der Waals surface area contributed by atoms with Crippen molar-refractivity contribution in [3.63, 3.8) is 0 Å². The molecule has 0 spiro atoms. The van der Waals surface area contributed by atoms with Crippen LogP contribution in [0.1, 0.15) is 26.2 Å². The van der Waals surface area contributed by atoms with Gasteiger partial charge in [-0.25, -0.2) is 9.59 Å². The van der Waals surface area contributed by atoms with Gasteiger partial charge in [0.15, 0.2) is 0 Å². The maximum atomic E-state index is 11.8. The Morgan fingerprint density at radius 3 is 2.76 bits per heavy atom. The van der Waals surface area contributed by atoms with Crippen LogP contribution in [0.3, 0.4) is 0 Å². The summed E-state index contributed by atoms with van der Waals surface area (Å²) < 4.78 is 4.82. The fraction of sp³-hybridized carbons (Fsp3) is 0.818. The lowest BCUT2D eigenvalue weighted by molar-refractivity contribution is -0.139. The highest BCUT2D eigenvalue weighted by molar-refractivity contribution is 5.82. The average molecular weight is 244 g/mol. The lowest BCUT2D eigenvalue weighted by atomic mass is 10.2. The van der Waals surface area contributed by atoms with Crippen molar-refractivity contribution in [1.29, 1.82) is 0 Å². The minimum Gasteiger partial charge on any atom is -0.480 e. The van der Waals surface area contributed by atoms with Crippen LogP contribution in [0.5, 0.6) is 0 Å². The summed E-state index contributed by atoms with van der Waals surface area (Å²) in [5.74, 6) is -1.03. The van der Waals surface area contributed by atoms with Crippen molar-refractivity contribution in [2.75, 3.05) is 20.3 Å². The lowest BCUT2D eigenvalue weighted by Gasteiger charge is -2.24. The predicted octanol–water partition coefficient (Wildman–Crippen LogP) is 0.670. The molecule has 1 rings (SSSR count). The number of carbonyl (C=O) groups is 2. The zero-order valence-electron chi connectivity index (χ0n) is 10.3. The third kappa shape index (κ3) is 3.89. The Kier molecular flexibility index (Phi) is 5.21. The second kappa shape index (κ2) is 6.44. The molecule has 6 heteroatoms. The molecule has 0 saturated carbocycles. The molecule has 1 saturated heterocycles. The van der Waals surface area contributed by atoms with Gasteiger partial charge in [-0.2, -0.15) is 0 Å². The zero-order valence-corrected chi connectivity index (χ0v) is 10.3. The van der Waals surface area contributed by atoms with Gasteiger partial charge in [0, 0.05) is 32.7 Å². The molecule has 2 atom stereocenters. The first-order valence-corrected chi connectivity index (χ1v) is 5.85. The largest absolute Gasteiger partial charge is 0.480 e. The van der Waals surface area contributed by atoms with Crippen molar-refractivity contribution < 1.29 is 19.4 Å². The van der Waals surface area contributed by atoms with Gasteiger partial charge >= 0.3 is 12.0 Å². The molecule has 0 aliphatic carbocycles. The molecule has 0 radical (unpaired) electrons.